The van der Waals surface area contributed by atoms with Crippen molar-refractivity contribution in [2.75, 3.05) is 17.7 Å². The van der Waals surface area contributed by atoms with Crippen LogP contribution in [-0.2, 0) is 16.0 Å². The second-order valence-corrected chi connectivity index (χ2v) is 5.37. The zero-order valence-electron chi connectivity index (χ0n) is 12.9. The van der Waals surface area contributed by atoms with Gasteiger partial charge in [-0.15, -0.1) is 0 Å². The fraction of sp³-hybridized carbons (Fsp3) is 0.176. The molecule has 120 valence electrons. The number of ether oxygens (including phenoxy) is 1. The van der Waals surface area contributed by atoms with Crippen LogP contribution in [0.2, 0.25) is 5.02 Å². The van der Waals surface area contributed by atoms with Gasteiger partial charge >= 0.3 is 12.0 Å². The second-order valence-electron chi connectivity index (χ2n) is 4.96. The molecule has 0 heterocycles. The summed E-state index contributed by atoms with van der Waals surface area (Å²) in [5, 5.41) is 5.79. The van der Waals surface area contributed by atoms with E-state index in [4.69, 9.17) is 11.6 Å². The first-order valence-electron chi connectivity index (χ1n) is 6.98. The number of esters is 1. The van der Waals surface area contributed by atoms with E-state index in [0.29, 0.717) is 16.3 Å². The zero-order valence-corrected chi connectivity index (χ0v) is 13.6. The number of hydrogen-bond donors (Lipinski definition) is 2. The molecule has 0 bridgehead atoms. The Morgan fingerprint density at radius 1 is 1.09 bits per heavy atom. The number of halogens is 1. The molecule has 0 aliphatic rings. The van der Waals surface area contributed by atoms with Crippen LogP contribution in [0.1, 0.15) is 11.1 Å². The summed E-state index contributed by atoms with van der Waals surface area (Å²) in [6, 6.07) is 12.1. The predicted octanol–water partition coefficient (Wildman–Crippen LogP) is 4.01. The third-order valence-corrected chi connectivity index (χ3v) is 3.56. The van der Waals surface area contributed by atoms with E-state index in [9.17, 15) is 9.59 Å². The van der Waals surface area contributed by atoms with Gasteiger partial charge in [0.05, 0.1) is 24.2 Å². The van der Waals surface area contributed by atoms with Crippen LogP contribution in [0, 0.1) is 6.92 Å². The number of para-hydroxylation sites is 1. The minimum absolute atomic E-state index is 0.131. The van der Waals surface area contributed by atoms with E-state index < -0.39 is 0 Å². The first-order valence-corrected chi connectivity index (χ1v) is 7.36. The largest absolute Gasteiger partial charge is 0.469 e. The van der Waals surface area contributed by atoms with Crippen LogP contribution in [0.5, 0.6) is 0 Å². The number of benzene rings is 2. The second kappa shape index (κ2) is 7.65. The summed E-state index contributed by atoms with van der Waals surface area (Å²) in [6.45, 7) is 1.91. The van der Waals surface area contributed by atoms with Crippen molar-refractivity contribution in [3.05, 3.63) is 58.6 Å². The molecule has 2 N–H and O–H groups in total. The average molecular weight is 333 g/mol. The quantitative estimate of drug-likeness (QED) is 0.831. The van der Waals surface area contributed by atoms with E-state index in [2.05, 4.69) is 15.4 Å². The van der Waals surface area contributed by atoms with E-state index in [-0.39, 0.29) is 18.4 Å². The van der Waals surface area contributed by atoms with Gasteiger partial charge in [0, 0.05) is 5.69 Å². The summed E-state index contributed by atoms with van der Waals surface area (Å²) in [7, 11) is 1.33. The fourth-order valence-electron chi connectivity index (χ4n) is 2.00. The number of aryl methyl sites for hydroxylation is 1. The van der Waals surface area contributed by atoms with Gasteiger partial charge in [-0.3, -0.25) is 4.79 Å². The minimum Gasteiger partial charge on any atom is -0.469 e. The van der Waals surface area contributed by atoms with E-state index in [1.165, 1.54) is 7.11 Å². The highest BCUT2D eigenvalue weighted by Gasteiger charge is 2.09. The van der Waals surface area contributed by atoms with Crippen molar-refractivity contribution in [1.29, 1.82) is 0 Å². The smallest absolute Gasteiger partial charge is 0.323 e. The van der Waals surface area contributed by atoms with Crippen molar-refractivity contribution < 1.29 is 14.3 Å². The molecule has 0 aliphatic heterocycles. The third-order valence-electron chi connectivity index (χ3n) is 3.25. The lowest BCUT2D eigenvalue weighted by atomic mass is 10.1. The summed E-state index contributed by atoms with van der Waals surface area (Å²) in [4.78, 5) is 23.3. The molecule has 0 saturated carbocycles. The normalized spacial score (nSPS) is 10.0. The molecule has 2 rings (SSSR count). The number of rotatable bonds is 4. The lowest BCUT2D eigenvalue weighted by Gasteiger charge is -2.11. The Hall–Kier alpha value is -2.53. The number of carbonyl (C=O) groups excluding carboxylic acids is 2. The maximum absolute atomic E-state index is 12.0. The van der Waals surface area contributed by atoms with E-state index in [1.54, 1.807) is 18.2 Å². The van der Waals surface area contributed by atoms with Crippen LogP contribution >= 0.6 is 11.6 Å². The Labute approximate surface area is 139 Å². The van der Waals surface area contributed by atoms with Gasteiger partial charge in [0.2, 0.25) is 0 Å². The Kier molecular flexibility index (Phi) is 5.60. The molecule has 23 heavy (non-hydrogen) atoms. The molecular formula is C17H17ClN2O3. The van der Waals surface area contributed by atoms with Crippen molar-refractivity contribution in [2.24, 2.45) is 0 Å². The molecule has 0 aromatic heterocycles. The lowest BCUT2D eigenvalue weighted by molar-refractivity contribution is -0.139. The number of urea groups is 1. The van der Waals surface area contributed by atoms with Gasteiger partial charge in [0.15, 0.2) is 0 Å². The van der Waals surface area contributed by atoms with E-state index in [1.807, 2.05) is 31.2 Å². The molecule has 2 aromatic carbocycles. The van der Waals surface area contributed by atoms with Crippen molar-refractivity contribution >= 4 is 35.0 Å². The average Bonchev–Trinajstić information content (AvgIpc) is 2.52. The molecule has 0 aliphatic carbocycles. The van der Waals surface area contributed by atoms with Gasteiger partial charge in [-0.05, 0) is 36.2 Å². The summed E-state index contributed by atoms with van der Waals surface area (Å²) in [6.07, 6.45) is 0.131. The number of anilines is 2. The maximum atomic E-state index is 12.0. The number of nitrogens with one attached hydrogen (secondary N) is 2. The number of hydrogen-bond acceptors (Lipinski definition) is 3. The Balaban J connectivity index is 2.04. The first kappa shape index (κ1) is 16.8. The Morgan fingerprint density at radius 2 is 1.78 bits per heavy atom. The molecule has 0 fully saturated rings. The van der Waals surface area contributed by atoms with Gasteiger partial charge in [0.25, 0.3) is 0 Å². The number of amides is 2. The molecule has 2 aromatic rings. The lowest BCUT2D eigenvalue weighted by Crippen LogP contribution is -2.20. The van der Waals surface area contributed by atoms with E-state index >= 15 is 0 Å². The maximum Gasteiger partial charge on any atom is 0.323 e. The van der Waals surface area contributed by atoms with Crippen LogP contribution in [0.15, 0.2) is 42.5 Å². The van der Waals surface area contributed by atoms with E-state index in [0.717, 1.165) is 11.3 Å². The fourth-order valence-corrected chi connectivity index (χ4v) is 2.25. The highest BCUT2D eigenvalue weighted by Crippen LogP contribution is 2.24. The van der Waals surface area contributed by atoms with Crippen molar-refractivity contribution in [3.8, 4) is 0 Å². The summed E-state index contributed by atoms with van der Waals surface area (Å²) >= 11 is 6.14. The zero-order chi connectivity index (χ0) is 16.8. The SMILES string of the molecule is COC(=O)Cc1ccc(NC(=O)Nc2ccccc2C)c(Cl)c1. The summed E-state index contributed by atoms with van der Waals surface area (Å²) in [5.41, 5.74) is 2.86. The number of methoxy groups -OCH3 is 1. The van der Waals surface area contributed by atoms with Gasteiger partial charge in [-0.1, -0.05) is 35.9 Å². The van der Waals surface area contributed by atoms with Crippen LogP contribution in [0.4, 0.5) is 16.2 Å². The van der Waals surface area contributed by atoms with Crippen LogP contribution in [0.3, 0.4) is 0 Å². The third kappa shape index (κ3) is 4.72. The molecule has 0 radical (unpaired) electrons. The Morgan fingerprint density at radius 3 is 2.43 bits per heavy atom. The van der Waals surface area contributed by atoms with Gasteiger partial charge in [-0.2, -0.15) is 0 Å². The monoisotopic (exact) mass is 332 g/mol. The molecule has 0 spiro atoms. The summed E-state index contributed by atoms with van der Waals surface area (Å²) < 4.78 is 4.60. The topological polar surface area (TPSA) is 67.4 Å². The van der Waals surface area contributed by atoms with Crippen LogP contribution in [0.25, 0.3) is 0 Å². The molecule has 5 nitrogen and oxygen atoms in total. The van der Waals surface area contributed by atoms with Gasteiger partial charge < -0.3 is 15.4 Å². The van der Waals surface area contributed by atoms with Gasteiger partial charge in [0.1, 0.15) is 0 Å². The minimum atomic E-state index is -0.387. The molecule has 6 heteroatoms. The molecule has 0 atom stereocenters. The summed E-state index contributed by atoms with van der Waals surface area (Å²) in [5.74, 6) is -0.348. The molecule has 0 unspecified atom stereocenters. The van der Waals surface area contributed by atoms with Crippen molar-refractivity contribution in [2.45, 2.75) is 13.3 Å². The van der Waals surface area contributed by atoms with Crippen LogP contribution in [-0.4, -0.2) is 19.1 Å². The highest BCUT2D eigenvalue weighted by atomic mass is 35.5. The highest BCUT2D eigenvalue weighted by molar-refractivity contribution is 6.33. The number of carbonyl (C=O) groups is 2. The molecule has 2 amide bonds. The van der Waals surface area contributed by atoms with Crippen molar-refractivity contribution in [1.82, 2.24) is 0 Å². The predicted molar refractivity (Wildman–Crippen MR) is 91.0 cm³/mol. The first-order chi connectivity index (χ1) is 11.0. The Bertz CT molecular complexity index is 732. The molecular weight excluding hydrogens is 316 g/mol. The van der Waals surface area contributed by atoms with Crippen molar-refractivity contribution in [3.63, 3.8) is 0 Å². The van der Waals surface area contributed by atoms with Gasteiger partial charge in [-0.25, -0.2) is 4.79 Å². The van der Waals surface area contributed by atoms with Crippen LogP contribution < -0.4 is 10.6 Å². The molecule has 0 saturated heterocycles. The standard InChI is InChI=1S/C17H17ClN2O3/c1-11-5-3-4-6-14(11)19-17(22)20-15-8-7-12(9-13(15)18)10-16(21)23-2/h3-9H,10H2,1-2H3,(H2,19,20,22).